The van der Waals surface area contributed by atoms with Gasteiger partial charge in [-0.3, -0.25) is 0 Å². The predicted molar refractivity (Wildman–Crippen MR) is 80.1 cm³/mol. The molecule has 0 bridgehead atoms. The summed E-state index contributed by atoms with van der Waals surface area (Å²) in [4.78, 5) is 13.5. The van der Waals surface area contributed by atoms with Gasteiger partial charge in [-0.2, -0.15) is 0 Å². The lowest BCUT2D eigenvalue weighted by Crippen LogP contribution is -2.39. The quantitative estimate of drug-likeness (QED) is 0.817. The molecule has 0 atom stereocenters. The van der Waals surface area contributed by atoms with Gasteiger partial charge >= 0.3 is 6.03 Å². The van der Waals surface area contributed by atoms with Crippen molar-refractivity contribution < 1.29 is 14.3 Å². The molecular formula is C16H21FN2O2. The number of hydrogen-bond acceptors (Lipinski definition) is 2. The van der Waals surface area contributed by atoms with Crippen LogP contribution in [0.4, 0.5) is 9.18 Å². The maximum atomic E-state index is 13.7. The normalized spacial score (nSPS) is 9.71. The lowest BCUT2D eigenvalue weighted by molar-refractivity contribution is 0.202. The van der Waals surface area contributed by atoms with Crippen LogP contribution < -0.4 is 5.32 Å². The van der Waals surface area contributed by atoms with Gasteiger partial charge in [-0.25, -0.2) is 9.18 Å². The number of hydrogen-bond donors (Lipinski definition) is 2. The molecule has 0 aromatic heterocycles. The molecule has 4 nitrogen and oxygen atoms in total. The Morgan fingerprint density at radius 2 is 2.10 bits per heavy atom. The molecule has 0 fully saturated rings. The van der Waals surface area contributed by atoms with Gasteiger partial charge in [0.1, 0.15) is 5.82 Å². The summed E-state index contributed by atoms with van der Waals surface area (Å²) in [5.41, 5.74) is 1.06. The van der Waals surface area contributed by atoms with Gasteiger partial charge < -0.3 is 15.3 Å². The molecule has 1 rings (SSSR count). The molecule has 1 aromatic rings. The average molecular weight is 292 g/mol. The standard InChI is InChI=1S/C16H21FN2O2/c1-3-19(4-2)16(21)18-12-14-11-13(7-5-6-10-20)8-9-15(14)17/h8-9,11,20H,3-4,6,10,12H2,1-2H3,(H,18,21). The minimum atomic E-state index is -0.373. The lowest BCUT2D eigenvalue weighted by Gasteiger charge is -2.19. The van der Waals surface area contributed by atoms with Crippen LogP contribution in [0.15, 0.2) is 18.2 Å². The molecular weight excluding hydrogens is 271 g/mol. The number of aliphatic hydroxyl groups excluding tert-OH is 1. The van der Waals surface area contributed by atoms with Crippen molar-refractivity contribution in [2.75, 3.05) is 19.7 Å². The molecule has 0 spiro atoms. The number of halogens is 1. The second kappa shape index (κ2) is 8.98. The van der Waals surface area contributed by atoms with E-state index in [9.17, 15) is 9.18 Å². The largest absolute Gasteiger partial charge is 0.395 e. The third-order valence-electron chi connectivity index (χ3n) is 3.00. The monoisotopic (exact) mass is 292 g/mol. The SMILES string of the molecule is CCN(CC)C(=O)NCc1cc(C#CCCO)ccc1F. The number of benzene rings is 1. The topological polar surface area (TPSA) is 52.6 Å². The zero-order chi connectivity index (χ0) is 15.7. The molecule has 0 saturated heterocycles. The van der Waals surface area contributed by atoms with Crippen LogP contribution in [0.2, 0.25) is 0 Å². The van der Waals surface area contributed by atoms with Crippen molar-refractivity contribution in [3.05, 3.63) is 35.1 Å². The van der Waals surface area contributed by atoms with Crippen molar-refractivity contribution in [2.24, 2.45) is 0 Å². The van der Waals surface area contributed by atoms with Crippen LogP contribution in [-0.4, -0.2) is 35.7 Å². The number of aliphatic hydroxyl groups is 1. The second-order valence-electron chi connectivity index (χ2n) is 4.41. The van der Waals surface area contributed by atoms with Gasteiger partial charge in [0.25, 0.3) is 0 Å². The molecule has 2 amide bonds. The van der Waals surface area contributed by atoms with Crippen LogP contribution in [0.3, 0.4) is 0 Å². The molecule has 1 aromatic carbocycles. The van der Waals surface area contributed by atoms with E-state index in [0.717, 1.165) is 0 Å². The average Bonchev–Trinajstić information content (AvgIpc) is 2.49. The number of nitrogens with zero attached hydrogens (tertiary/aromatic N) is 1. The van der Waals surface area contributed by atoms with Crippen molar-refractivity contribution >= 4 is 6.03 Å². The smallest absolute Gasteiger partial charge is 0.317 e. The fraction of sp³-hybridized carbons (Fsp3) is 0.438. The number of amides is 2. The molecule has 114 valence electrons. The molecule has 0 heterocycles. The van der Waals surface area contributed by atoms with Gasteiger partial charge in [-0.05, 0) is 32.0 Å². The summed E-state index contributed by atoms with van der Waals surface area (Å²) in [6.07, 6.45) is 0.380. The summed E-state index contributed by atoms with van der Waals surface area (Å²) in [6.45, 7) is 5.12. The minimum absolute atomic E-state index is 0.000972. The Morgan fingerprint density at radius 3 is 2.71 bits per heavy atom. The van der Waals surface area contributed by atoms with E-state index in [1.54, 1.807) is 17.0 Å². The number of rotatable bonds is 5. The Kier molecular flexibility index (Phi) is 7.27. The van der Waals surface area contributed by atoms with E-state index < -0.39 is 0 Å². The third-order valence-corrected chi connectivity index (χ3v) is 3.00. The number of urea groups is 1. The summed E-state index contributed by atoms with van der Waals surface area (Å²) < 4.78 is 13.7. The van der Waals surface area contributed by atoms with Crippen molar-refractivity contribution in [1.82, 2.24) is 10.2 Å². The zero-order valence-electron chi connectivity index (χ0n) is 12.4. The highest BCUT2D eigenvalue weighted by atomic mass is 19.1. The molecule has 0 radical (unpaired) electrons. The Balaban J connectivity index is 2.72. The van der Waals surface area contributed by atoms with Crippen LogP contribution in [0.1, 0.15) is 31.4 Å². The summed E-state index contributed by atoms with van der Waals surface area (Å²) in [7, 11) is 0. The first-order valence-corrected chi connectivity index (χ1v) is 7.03. The van der Waals surface area contributed by atoms with E-state index in [4.69, 9.17) is 5.11 Å². The van der Waals surface area contributed by atoms with E-state index in [1.165, 1.54) is 6.07 Å². The van der Waals surface area contributed by atoms with Gasteiger partial charge in [0, 0.05) is 37.2 Å². The van der Waals surface area contributed by atoms with Crippen LogP contribution >= 0.6 is 0 Å². The van der Waals surface area contributed by atoms with Crippen LogP contribution in [0, 0.1) is 17.7 Å². The first-order valence-electron chi connectivity index (χ1n) is 7.03. The Labute approximate surface area is 125 Å². The van der Waals surface area contributed by atoms with Crippen molar-refractivity contribution in [1.29, 1.82) is 0 Å². The van der Waals surface area contributed by atoms with Gasteiger partial charge in [-0.1, -0.05) is 11.8 Å². The van der Waals surface area contributed by atoms with E-state index in [2.05, 4.69) is 17.2 Å². The van der Waals surface area contributed by atoms with Crippen molar-refractivity contribution in [2.45, 2.75) is 26.8 Å². The highest BCUT2D eigenvalue weighted by Gasteiger charge is 2.10. The molecule has 0 aliphatic carbocycles. The Bertz CT molecular complexity index is 531. The highest BCUT2D eigenvalue weighted by molar-refractivity contribution is 5.74. The van der Waals surface area contributed by atoms with Crippen LogP contribution in [0.5, 0.6) is 0 Å². The first kappa shape index (κ1) is 17.0. The van der Waals surface area contributed by atoms with Crippen molar-refractivity contribution in [3.8, 4) is 11.8 Å². The summed E-state index contributed by atoms with van der Waals surface area (Å²) >= 11 is 0. The fourth-order valence-corrected chi connectivity index (χ4v) is 1.80. The minimum Gasteiger partial charge on any atom is -0.395 e. The predicted octanol–water partition coefficient (Wildman–Crippen LogP) is 2.11. The number of nitrogens with one attached hydrogen (secondary N) is 1. The highest BCUT2D eigenvalue weighted by Crippen LogP contribution is 2.10. The fourth-order valence-electron chi connectivity index (χ4n) is 1.80. The van der Waals surface area contributed by atoms with Gasteiger partial charge in [0.2, 0.25) is 0 Å². The van der Waals surface area contributed by atoms with Crippen molar-refractivity contribution in [3.63, 3.8) is 0 Å². The van der Waals surface area contributed by atoms with Gasteiger partial charge in [0.15, 0.2) is 0 Å². The maximum Gasteiger partial charge on any atom is 0.317 e. The van der Waals surface area contributed by atoms with Gasteiger partial charge in [0.05, 0.1) is 6.61 Å². The molecule has 5 heteroatoms. The Hall–Kier alpha value is -2.06. The molecule has 0 aliphatic rings. The molecule has 0 aliphatic heterocycles. The van der Waals surface area contributed by atoms with Crippen LogP contribution in [-0.2, 0) is 6.54 Å². The van der Waals surface area contributed by atoms with E-state index in [-0.39, 0.29) is 25.0 Å². The summed E-state index contributed by atoms with van der Waals surface area (Å²) in [6, 6.07) is 4.32. The summed E-state index contributed by atoms with van der Waals surface area (Å²) in [5.74, 6) is 5.25. The van der Waals surface area contributed by atoms with Crippen LogP contribution in [0.25, 0.3) is 0 Å². The zero-order valence-corrected chi connectivity index (χ0v) is 12.4. The molecule has 2 N–H and O–H groups in total. The maximum absolute atomic E-state index is 13.7. The first-order chi connectivity index (χ1) is 10.1. The molecule has 21 heavy (non-hydrogen) atoms. The third kappa shape index (κ3) is 5.44. The Morgan fingerprint density at radius 1 is 1.38 bits per heavy atom. The number of carbonyl (C=O) groups is 1. The number of carbonyl (C=O) groups excluding carboxylic acids is 1. The van der Waals surface area contributed by atoms with E-state index in [0.29, 0.717) is 30.6 Å². The molecule has 0 saturated carbocycles. The summed E-state index contributed by atoms with van der Waals surface area (Å²) in [5, 5.41) is 11.4. The van der Waals surface area contributed by atoms with Gasteiger partial charge in [-0.15, -0.1) is 0 Å². The van der Waals surface area contributed by atoms with E-state index >= 15 is 0 Å². The molecule has 0 unspecified atom stereocenters. The lowest BCUT2D eigenvalue weighted by atomic mass is 10.1. The second-order valence-corrected chi connectivity index (χ2v) is 4.41. The van der Waals surface area contributed by atoms with E-state index in [1.807, 2.05) is 13.8 Å².